The Labute approximate surface area is 89.6 Å². The normalized spacial score (nSPS) is 13.0. The maximum absolute atomic E-state index is 9.31. The zero-order chi connectivity index (χ0) is 10.8. The first-order valence-electron chi connectivity index (χ1n) is 5.19. The molecule has 0 saturated heterocycles. The monoisotopic (exact) mass is 201 g/mol. The maximum atomic E-state index is 9.31. The fourth-order valence-corrected chi connectivity index (χ4v) is 1.75. The lowest BCUT2D eigenvalue weighted by Crippen LogP contribution is -2.03. The lowest BCUT2D eigenvalue weighted by Gasteiger charge is -2.05. The number of aliphatic hydroxyl groups is 1. The summed E-state index contributed by atoms with van der Waals surface area (Å²) in [6.45, 7) is 3.79. The van der Waals surface area contributed by atoms with E-state index in [0.29, 0.717) is 6.42 Å². The van der Waals surface area contributed by atoms with Gasteiger partial charge in [0.15, 0.2) is 0 Å². The van der Waals surface area contributed by atoms with Crippen molar-refractivity contribution in [1.82, 2.24) is 4.98 Å². The maximum Gasteiger partial charge on any atom is 0.0705 e. The molecular weight excluding hydrogens is 186 g/mol. The molecule has 0 aliphatic heterocycles. The van der Waals surface area contributed by atoms with Crippen molar-refractivity contribution < 1.29 is 5.11 Å². The predicted molar refractivity (Wildman–Crippen MR) is 61.9 cm³/mol. The summed E-state index contributed by atoms with van der Waals surface area (Å²) in [4.78, 5) is 4.43. The van der Waals surface area contributed by atoms with E-state index in [9.17, 15) is 5.11 Å². The summed E-state index contributed by atoms with van der Waals surface area (Å²) in [7, 11) is 0. The Morgan fingerprint density at radius 1 is 1.27 bits per heavy atom. The molecule has 1 unspecified atom stereocenters. The number of hydrogen-bond acceptors (Lipinski definition) is 2. The molecule has 0 fully saturated rings. The van der Waals surface area contributed by atoms with Crippen LogP contribution in [-0.2, 0) is 6.42 Å². The zero-order valence-electron chi connectivity index (χ0n) is 9.07. The highest BCUT2D eigenvalue weighted by Gasteiger charge is 2.01. The molecule has 1 heterocycles. The van der Waals surface area contributed by atoms with E-state index in [1.807, 2.05) is 25.1 Å². The van der Waals surface area contributed by atoms with Gasteiger partial charge in [0.2, 0.25) is 0 Å². The van der Waals surface area contributed by atoms with Crippen LogP contribution in [0.4, 0.5) is 0 Å². The lowest BCUT2D eigenvalue weighted by molar-refractivity contribution is 0.195. The van der Waals surface area contributed by atoms with E-state index in [4.69, 9.17) is 0 Å². The first-order chi connectivity index (χ1) is 7.15. The third-order valence-corrected chi connectivity index (χ3v) is 2.42. The second-order valence-corrected chi connectivity index (χ2v) is 4.03. The van der Waals surface area contributed by atoms with Crippen LogP contribution in [0.5, 0.6) is 0 Å². The van der Waals surface area contributed by atoms with Crippen LogP contribution in [0.25, 0.3) is 10.9 Å². The number of aryl methyl sites for hydroxylation is 1. The van der Waals surface area contributed by atoms with E-state index in [-0.39, 0.29) is 6.10 Å². The number of hydrogen-bond donors (Lipinski definition) is 1. The summed E-state index contributed by atoms with van der Waals surface area (Å²) in [5, 5.41) is 10.4. The Bertz CT molecular complexity index is 477. The second-order valence-electron chi connectivity index (χ2n) is 4.03. The van der Waals surface area contributed by atoms with Crippen molar-refractivity contribution in [2.24, 2.45) is 0 Å². The topological polar surface area (TPSA) is 33.1 Å². The summed E-state index contributed by atoms with van der Waals surface area (Å²) in [6, 6.07) is 10.2. The van der Waals surface area contributed by atoms with Gasteiger partial charge in [-0.05, 0) is 44.0 Å². The highest BCUT2D eigenvalue weighted by Crippen LogP contribution is 2.15. The lowest BCUT2D eigenvalue weighted by atomic mass is 10.1. The highest BCUT2D eigenvalue weighted by molar-refractivity contribution is 5.79. The van der Waals surface area contributed by atoms with Gasteiger partial charge in [-0.1, -0.05) is 12.1 Å². The molecule has 0 spiro atoms. The van der Waals surface area contributed by atoms with Gasteiger partial charge < -0.3 is 5.11 Å². The zero-order valence-corrected chi connectivity index (χ0v) is 9.07. The molecule has 2 aromatic rings. The molecule has 1 aromatic carbocycles. The van der Waals surface area contributed by atoms with Crippen LogP contribution >= 0.6 is 0 Å². The number of aromatic nitrogens is 1. The first kappa shape index (κ1) is 10.1. The molecule has 1 atom stereocenters. The summed E-state index contributed by atoms with van der Waals surface area (Å²) in [6.07, 6.45) is 0.407. The van der Waals surface area contributed by atoms with E-state index in [2.05, 4.69) is 17.1 Å². The molecule has 78 valence electrons. The summed E-state index contributed by atoms with van der Waals surface area (Å²) in [5.41, 5.74) is 3.21. The van der Waals surface area contributed by atoms with Gasteiger partial charge in [-0.15, -0.1) is 0 Å². The van der Waals surface area contributed by atoms with Crippen molar-refractivity contribution in [3.63, 3.8) is 0 Å². The second kappa shape index (κ2) is 3.99. The predicted octanol–water partition coefficient (Wildman–Crippen LogP) is 2.47. The number of benzene rings is 1. The highest BCUT2D eigenvalue weighted by atomic mass is 16.3. The Kier molecular flexibility index (Phi) is 2.69. The van der Waals surface area contributed by atoms with Gasteiger partial charge in [0.1, 0.15) is 0 Å². The summed E-state index contributed by atoms with van der Waals surface area (Å²) >= 11 is 0. The van der Waals surface area contributed by atoms with Crippen LogP contribution < -0.4 is 0 Å². The average Bonchev–Trinajstić information content (AvgIpc) is 2.17. The first-order valence-corrected chi connectivity index (χ1v) is 5.19. The van der Waals surface area contributed by atoms with Crippen LogP contribution in [0.3, 0.4) is 0 Å². The number of fused-ring (bicyclic) bond motifs is 1. The van der Waals surface area contributed by atoms with Crippen molar-refractivity contribution in [1.29, 1.82) is 0 Å². The van der Waals surface area contributed by atoms with Gasteiger partial charge >= 0.3 is 0 Å². The molecular formula is C13H15NO. The number of nitrogens with zero attached hydrogens (tertiary/aromatic N) is 1. The standard InChI is InChI=1S/C13H15NO/c1-9-3-5-12-8-11(7-10(2)15)4-6-13(12)14-9/h3-6,8,10,15H,7H2,1-2H3. The number of aliphatic hydroxyl groups excluding tert-OH is 1. The minimum absolute atomic E-state index is 0.291. The van der Waals surface area contributed by atoms with E-state index >= 15 is 0 Å². The molecule has 0 aliphatic rings. The Morgan fingerprint density at radius 2 is 2.07 bits per heavy atom. The number of rotatable bonds is 2. The molecule has 0 bridgehead atoms. The van der Waals surface area contributed by atoms with Gasteiger partial charge in [0.05, 0.1) is 11.6 Å². The van der Waals surface area contributed by atoms with Crippen molar-refractivity contribution >= 4 is 10.9 Å². The van der Waals surface area contributed by atoms with E-state index in [1.54, 1.807) is 6.92 Å². The van der Waals surface area contributed by atoms with Gasteiger partial charge in [0, 0.05) is 11.1 Å². The van der Waals surface area contributed by atoms with Gasteiger partial charge in [-0.25, -0.2) is 0 Å². The SMILES string of the molecule is Cc1ccc2cc(CC(C)O)ccc2n1. The molecule has 1 aromatic heterocycles. The Hall–Kier alpha value is -1.41. The Balaban J connectivity index is 2.43. The van der Waals surface area contributed by atoms with Gasteiger partial charge in [-0.3, -0.25) is 4.98 Å². The van der Waals surface area contributed by atoms with Crippen LogP contribution in [0.15, 0.2) is 30.3 Å². The van der Waals surface area contributed by atoms with E-state index in [0.717, 1.165) is 22.2 Å². The van der Waals surface area contributed by atoms with E-state index in [1.165, 1.54) is 0 Å². The molecule has 2 rings (SSSR count). The molecule has 0 radical (unpaired) electrons. The number of pyridine rings is 1. The quantitative estimate of drug-likeness (QED) is 0.809. The molecule has 1 N–H and O–H groups in total. The summed E-state index contributed by atoms with van der Waals surface area (Å²) in [5.74, 6) is 0. The van der Waals surface area contributed by atoms with Crippen molar-refractivity contribution in [2.45, 2.75) is 26.4 Å². The van der Waals surface area contributed by atoms with Crippen LogP contribution in [0, 0.1) is 6.92 Å². The third-order valence-electron chi connectivity index (χ3n) is 2.42. The van der Waals surface area contributed by atoms with Crippen molar-refractivity contribution in [3.8, 4) is 0 Å². The smallest absolute Gasteiger partial charge is 0.0705 e. The summed E-state index contributed by atoms with van der Waals surface area (Å²) < 4.78 is 0. The fraction of sp³-hybridized carbons (Fsp3) is 0.308. The molecule has 0 amide bonds. The van der Waals surface area contributed by atoms with Crippen LogP contribution in [-0.4, -0.2) is 16.2 Å². The minimum atomic E-state index is -0.291. The minimum Gasteiger partial charge on any atom is -0.393 e. The molecule has 0 aliphatic carbocycles. The third kappa shape index (κ3) is 2.34. The van der Waals surface area contributed by atoms with Crippen molar-refractivity contribution in [3.05, 3.63) is 41.6 Å². The average molecular weight is 201 g/mol. The molecule has 0 saturated carbocycles. The van der Waals surface area contributed by atoms with Crippen molar-refractivity contribution in [2.75, 3.05) is 0 Å². The van der Waals surface area contributed by atoms with E-state index < -0.39 is 0 Å². The van der Waals surface area contributed by atoms with Gasteiger partial charge in [0.25, 0.3) is 0 Å². The molecule has 2 heteroatoms. The van der Waals surface area contributed by atoms with Crippen LogP contribution in [0.1, 0.15) is 18.2 Å². The van der Waals surface area contributed by atoms with Gasteiger partial charge in [-0.2, -0.15) is 0 Å². The van der Waals surface area contributed by atoms with Crippen LogP contribution in [0.2, 0.25) is 0 Å². The Morgan fingerprint density at radius 3 is 2.80 bits per heavy atom. The fourth-order valence-electron chi connectivity index (χ4n) is 1.75. The molecule has 2 nitrogen and oxygen atoms in total. The molecule has 15 heavy (non-hydrogen) atoms. The largest absolute Gasteiger partial charge is 0.393 e.